The lowest BCUT2D eigenvalue weighted by Crippen LogP contribution is -2.29. The maximum atomic E-state index is 5.87. The molecule has 1 unspecified atom stereocenters. The Balaban J connectivity index is 2.55. The van der Waals surface area contributed by atoms with Gasteiger partial charge in [-0.05, 0) is 38.5 Å². The van der Waals surface area contributed by atoms with Crippen LogP contribution in [0.4, 0.5) is 0 Å². The van der Waals surface area contributed by atoms with Crippen LogP contribution in [0.3, 0.4) is 0 Å². The Morgan fingerprint density at radius 1 is 1.31 bits per heavy atom. The Bertz CT molecular complexity index is 313. The zero-order chi connectivity index (χ0) is 12.0. The summed E-state index contributed by atoms with van der Waals surface area (Å²) in [5, 5.41) is 0. The molecule has 0 aliphatic carbocycles. The quantitative estimate of drug-likeness (QED) is 0.753. The molecule has 1 aromatic carbocycles. The first-order valence-corrected chi connectivity index (χ1v) is 5.74. The molecule has 0 aromatic heterocycles. The highest BCUT2D eigenvalue weighted by molar-refractivity contribution is 5.28. The molecule has 16 heavy (non-hydrogen) atoms. The Morgan fingerprint density at radius 2 is 2.06 bits per heavy atom. The molecule has 1 atom stereocenters. The maximum Gasteiger partial charge on any atom is 0.119 e. The van der Waals surface area contributed by atoms with Crippen molar-refractivity contribution in [1.82, 2.24) is 0 Å². The van der Waals surface area contributed by atoms with Crippen LogP contribution in [0.5, 0.6) is 5.75 Å². The highest BCUT2D eigenvalue weighted by Gasteiger charge is 2.07. The number of benzene rings is 1. The van der Waals surface area contributed by atoms with E-state index >= 15 is 0 Å². The van der Waals surface area contributed by atoms with E-state index in [-0.39, 0.29) is 12.3 Å². The summed E-state index contributed by atoms with van der Waals surface area (Å²) in [4.78, 5) is 0. The van der Waals surface area contributed by atoms with Crippen molar-refractivity contribution >= 4 is 0 Å². The van der Waals surface area contributed by atoms with Crippen molar-refractivity contribution in [3.05, 3.63) is 29.8 Å². The summed E-state index contributed by atoms with van der Waals surface area (Å²) >= 11 is 0. The normalized spacial score (nSPS) is 12.8. The molecule has 0 bridgehead atoms. The van der Waals surface area contributed by atoms with E-state index < -0.39 is 0 Å². The molecule has 1 rings (SSSR count). The topological polar surface area (TPSA) is 44.5 Å². The predicted molar refractivity (Wildman–Crippen MR) is 65.5 cm³/mol. The lowest BCUT2D eigenvalue weighted by Gasteiger charge is -2.16. The van der Waals surface area contributed by atoms with Gasteiger partial charge >= 0.3 is 0 Å². The van der Waals surface area contributed by atoms with Crippen LogP contribution in [-0.4, -0.2) is 18.9 Å². The lowest BCUT2D eigenvalue weighted by atomic mass is 10.1. The van der Waals surface area contributed by atoms with E-state index in [9.17, 15) is 0 Å². The number of hydrogen-bond acceptors (Lipinski definition) is 3. The van der Waals surface area contributed by atoms with Crippen molar-refractivity contribution < 1.29 is 9.47 Å². The molecule has 2 N–H and O–H groups in total. The molecular formula is C13H21NO2. The summed E-state index contributed by atoms with van der Waals surface area (Å²) in [5.41, 5.74) is 7.01. The summed E-state index contributed by atoms with van der Waals surface area (Å²) in [6.07, 6.45) is 0.612. The van der Waals surface area contributed by atoms with Crippen LogP contribution in [-0.2, 0) is 11.2 Å². The summed E-state index contributed by atoms with van der Waals surface area (Å²) in [5.74, 6) is 0.886. The standard InChI is InChI=1S/C13H21NO2/c1-4-15-12-7-5-6-11(8-12)9-13(14)16-10(2)3/h5-8,10,13H,4,9,14H2,1-3H3. The number of nitrogens with two attached hydrogens (primary N) is 1. The monoisotopic (exact) mass is 223 g/mol. The van der Waals surface area contributed by atoms with Crippen molar-refractivity contribution in [2.24, 2.45) is 5.73 Å². The fourth-order valence-electron chi connectivity index (χ4n) is 1.56. The van der Waals surface area contributed by atoms with Crippen LogP contribution in [0.2, 0.25) is 0 Å². The van der Waals surface area contributed by atoms with Gasteiger partial charge in [-0.15, -0.1) is 0 Å². The molecular weight excluding hydrogens is 202 g/mol. The van der Waals surface area contributed by atoms with Crippen LogP contribution in [0.1, 0.15) is 26.3 Å². The molecule has 3 nitrogen and oxygen atoms in total. The largest absolute Gasteiger partial charge is 0.494 e. The first-order valence-electron chi connectivity index (χ1n) is 5.74. The number of rotatable bonds is 6. The Morgan fingerprint density at radius 3 is 2.69 bits per heavy atom. The minimum Gasteiger partial charge on any atom is -0.494 e. The Kier molecular flexibility index (Phi) is 5.29. The van der Waals surface area contributed by atoms with E-state index in [1.807, 2.05) is 45.0 Å². The van der Waals surface area contributed by atoms with Gasteiger partial charge in [0.25, 0.3) is 0 Å². The average molecular weight is 223 g/mol. The van der Waals surface area contributed by atoms with Crippen LogP contribution < -0.4 is 10.5 Å². The maximum absolute atomic E-state index is 5.87. The van der Waals surface area contributed by atoms with Crippen molar-refractivity contribution in [2.45, 2.75) is 39.5 Å². The first-order chi connectivity index (χ1) is 7.61. The molecule has 0 fully saturated rings. The van der Waals surface area contributed by atoms with Crippen LogP contribution in [0.25, 0.3) is 0 Å². The van der Waals surface area contributed by atoms with Crippen LogP contribution >= 0.6 is 0 Å². The van der Waals surface area contributed by atoms with Crippen molar-refractivity contribution in [2.75, 3.05) is 6.61 Å². The molecule has 0 aliphatic rings. The van der Waals surface area contributed by atoms with Gasteiger partial charge in [0.2, 0.25) is 0 Å². The summed E-state index contributed by atoms with van der Waals surface area (Å²) in [6, 6.07) is 7.96. The summed E-state index contributed by atoms with van der Waals surface area (Å²) in [6.45, 7) is 6.62. The van der Waals surface area contributed by atoms with Gasteiger partial charge in [-0.1, -0.05) is 12.1 Å². The van der Waals surface area contributed by atoms with Gasteiger partial charge in [0, 0.05) is 6.42 Å². The smallest absolute Gasteiger partial charge is 0.119 e. The van der Waals surface area contributed by atoms with Crippen molar-refractivity contribution in [3.8, 4) is 5.75 Å². The molecule has 90 valence electrons. The van der Waals surface area contributed by atoms with Gasteiger partial charge in [-0.2, -0.15) is 0 Å². The fourth-order valence-corrected chi connectivity index (χ4v) is 1.56. The van der Waals surface area contributed by atoms with Crippen molar-refractivity contribution in [1.29, 1.82) is 0 Å². The SMILES string of the molecule is CCOc1cccc(CC(N)OC(C)C)c1. The third kappa shape index (κ3) is 4.64. The Labute approximate surface area is 97.6 Å². The van der Waals surface area contributed by atoms with Gasteiger partial charge in [-0.25, -0.2) is 0 Å². The van der Waals surface area contributed by atoms with Gasteiger partial charge in [-0.3, -0.25) is 0 Å². The fraction of sp³-hybridized carbons (Fsp3) is 0.538. The van der Waals surface area contributed by atoms with Gasteiger partial charge in [0.15, 0.2) is 0 Å². The first kappa shape index (κ1) is 13.0. The summed E-state index contributed by atoms with van der Waals surface area (Å²) < 4.78 is 10.9. The molecule has 3 heteroatoms. The van der Waals surface area contributed by atoms with E-state index in [0.29, 0.717) is 13.0 Å². The van der Waals surface area contributed by atoms with Gasteiger partial charge in [0.1, 0.15) is 12.0 Å². The summed E-state index contributed by atoms with van der Waals surface area (Å²) in [7, 11) is 0. The second-order valence-corrected chi connectivity index (χ2v) is 4.01. The zero-order valence-electron chi connectivity index (χ0n) is 10.3. The molecule has 0 saturated carbocycles. The molecule has 0 spiro atoms. The molecule has 0 saturated heterocycles. The second-order valence-electron chi connectivity index (χ2n) is 4.01. The van der Waals surface area contributed by atoms with E-state index in [4.69, 9.17) is 15.2 Å². The van der Waals surface area contributed by atoms with E-state index in [1.54, 1.807) is 0 Å². The van der Waals surface area contributed by atoms with Crippen LogP contribution in [0, 0.1) is 0 Å². The van der Waals surface area contributed by atoms with E-state index in [2.05, 4.69) is 0 Å². The Hall–Kier alpha value is -1.06. The predicted octanol–water partition coefficient (Wildman–Crippen LogP) is 2.34. The van der Waals surface area contributed by atoms with E-state index in [1.165, 1.54) is 0 Å². The molecule has 0 aliphatic heterocycles. The number of hydrogen-bond donors (Lipinski definition) is 1. The third-order valence-electron chi connectivity index (χ3n) is 2.09. The zero-order valence-corrected chi connectivity index (χ0v) is 10.3. The average Bonchev–Trinajstić information content (AvgIpc) is 2.17. The minimum atomic E-state index is -0.253. The van der Waals surface area contributed by atoms with E-state index in [0.717, 1.165) is 11.3 Å². The second kappa shape index (κ2) is 6.51. The molecule has 0 amide bonds. The third-order valence-corrected chi connectivity index (χ3v) is 2.09. The van der Waals surface area contributed by atoms with Crippen molar-refractivity contribution in [3.63, 3.8) is 0 Å². The highest BCUT2D eigenvalue weighted by atomic mass is 16.5. The number of ether oxygens (including phenoxy) is 2. The molecule has 1 aromatic rings. The lowest BCUT2D eigenvalue weighted by molar-refractivity contribution is 0.0123. The minimum absolute atomic E-state index is 0.157. The van der Waals surface area contributed by atoms with Gasteiger partial charge in [0.05, 0.1) is 12.7 Å². The molecule has 0 radical (unpaired) electrons. The highest BCUT2D eigenvalue weighted by Crippen LogP contribution is 2.14. The van der Waals surface area contributed by atoms with Gasteiger partial charge < -0.3 is 15.2 Å². The molecule has 0 heterocycles. The van der Waals surface area contributed by atoms with Crippen LogP contribution in [0.15, 0.2) is 24.3 Å².